The molecular weight excluding hydrogens is 620 g/mol. The standard InChI is InChI=1S/C31H31BrN4O5S/c1-3-5-20-33-31(38)35-42(39,40)25-18-16-24(17-19-25)36-29(27(32)28(34-36)30(37)41-4-2)26(23-14-10-7-11-15-23)21-22-12-8-6-9-13-22/h6-19,21H,3-5,20H2,1-2H3,(H2,33,35,38)/b26-21+. The Kier molecular flexibility index (Phi) is 10.3. The van der Waals surface area contributed by atoms with E-state index in [4.69, 9.17) is 4.74 Å². The molecule has 3 aromatic carbocycles. The number of hydrogen-bond donors (Lipinski definition) is 2. The number of benzene rings is 3. The molecule has 218 valence electrons. The molecule has 42 heavy (non-hydrogen) atoms. The summed E-state index contributed by atoms with van der Waals surface area (Å²) in [6, 6.07) is 24.5. The number of sulfonamides is 1. The highest BCUT2D eigenvalue weighted by molar-refractivity contribution is 9.10. The first-order chi connectivity index (χ1) is 20.2. The van der Waals surface area contributed by atoms with E-state index in [1.807, 2.05) is 78.4 Å². The Hall–Kier alpha value is -4.22. The Morgan fingerprint density at radius 2 is 1.60 bits per heavy atom. The third-order valence-electron chi connectivity index (χ3n) is 6.18. The number of halogens is 1. The van der Waals surface area contributed by atoms with Gasteiger partial charge in [-0.05, 0) is 70.7 Å². The predicted octanol–water partition coefficient (Wildman–Crippen LogP) is 6.19. The molecule has 0 bridgehead atoms. The summed E-state index contributed by atoms with van der Waals surface area (Å²) in [5, 5.41) is 7.13. The van der Waals surface area contributed by atoms with Gasteiger partial charge in [0, 0.05) is 12.1 Å². The first-order valence-electron chi connectivity index (χ1n) is 13.4. The highest BCUT2D eigenvalue weighted by Crippen LogP contribution is 2.36. The van der Waals surface area contributed by atoms with Crippen molar-refractivity contribution in [1.29, 1.82) is 0 Å². The van der Waals surface area contributed by atoms with Crippen LogP contribution in [0.5, 0.6) is 0 Å². The summed E-state index contributed by atoms with van der Waals surface area (Å²) in [4.78, 5) is 24.9. The number of ether oxygens (including phenoxy) is 1. The molecule has 0 spiro atoms. The van der Waals surface area contributed by atoms with Crippen LogP contribution in [0, 0.1) is 0 Å². The zero-order valence-corrected chi connectivity index (χ0v) is 25.6. The molecule has 1 heterocycles. The summed E-state index contributed by atoms with van der Waals surface area (Å²) in [6.07, 6.45) is 3.59. The molecular formula is C31H31BrN4O5S. The second-order valence-corrected chi connectivity index (χ2v) is 11.7. The van der Waals surface area contributed by atoms with Gasteiger partial charge in [0.05, 0.1) is 27.4 Å². The van der Waals surface area contributed by atoms with E-state index in [2.05, 4.69) is 26.3 Å². The first kappa shape index (κ1) is 30.7. The topological polar surface area (TPSA) is 119 Å². The van der Waals surface area contributed by atoms with E-state index in [9.17, 15) is 18.0 Å². The lowest BCUT2D eigenvalue weighted by Gasteiger charge is -2.14. The van der Waals surface area contributed by atoms with Crippen LogP contribution in [0.25, 0.3) is 17.3 Å². The number of nitrogens with one attached hydrogen (secondary N) is 2. The number of carbonyl (C=O) groups excluding carboxylic acids is 2. The van der Waals surface area contributed by atoms with Crippen LogP contribution in [0.4, 0.5) is 4.79 Å². The third-order valence-corrected chi connectivity index (χ3v) is 8.28. The lowest BCUT2D eigenvalue weighted by molar-refractivity contribution is 0.0518. The molecule has 9 nitrogen and oxygen atoms in total. The van der Waals surface area contributed by atoms with Crippen molar-refractivity contribution in [3.63, 3.8) is 0 Å². The Balaban J connectivity index is 1.81. The van der Waals surface area contributed by atoms with Gasteiger partial charge in [-0.2, -0.15) is 5.10 Å². The quantitative estimate of drug-likeness (QED) is 0.114. The van der Waals surface area contributed by atoms with Gasteiger partial charge in [0.2, 0.25) is 0 Å². The Labute approximate surface area is 253 Å². The number of urea groups is 1. The maximum Gasteiger partial charge on any atom is 0.360 e. The van der Waals surface area contributed by atoms with Crippen LogP contribution < -0.4 is 10.0 Å². The fraction of sp³-hybridized carbons (Fsp3) is 0.194. The Bertz CT molecular complexity index is 1670. The summed E-state index contributed by atoms with van der Waals surface area (Å²) in [5.74, 6) is -0.603. The van der Waals surface area contributed by atoms with E-state index < -0.39 is 22.0 Å². The second kappa shape index (κ2) is 14.1. The number of carbonyl (C=O) groups is 2. The second-order valence-electron chi connectivity index (χ2n) is 9.19. The molecule has 4 rings (SSSR count). The number of hydrogen-bond acceptors (Lipinski definition) is 6. The maximum atomic E-state index is 12.9. The van der Waals surface area contributed by atoms with Gasteiger partial charge >= 0.3 is 12.0 Å². The molecule has 0 unspecified atom stereocenters. The molecule has 2 amide bonds. The Morgan fingerprint density at radius 3 is 2.21 bits per heavy atom. The van der Waals surface area contributed by atoms with E-state index in [0.29, 0.717) is 22.4 Å². The largest absolute Gasteiger partial charge is 0.461 e. The van der Waals surface area contributed by atoms with E-state index in [1.54, 1.807) is 23.7 Å². The molecule has 4 aromatic rings. The smallest absolute Gasteiger partial charge is 0.360 e. The molecule has 0 atom stereocenters. The minimum Gasteiger partial charge on any atom is -0.461 e. The molecule has 0 fully saturated rings. The Morgan fingerprint density at radius 1 is 0.952 bits per heavy atom. The molecule has 0 aliphatic heterocycles. The van der Waals surface area contributed by atoms with Gasteiger partial charge in [-0.1, -0.05) is 74.0 Å². The molecule has 0 aliphatic carbocycles. The molecule has 0 saturated heterocycles. The maximum absolute atomic E-state index is 12.9. The number of aromatic nitrogens is 2. The van der Waals surface area contributed by atoms with Crippen LogP contribution in [-0.2, 0) is 14.8 Å². The van der Waals surface area contributed by atoms with E-state index >= 15 is 0 Å². The van der Waals surface area contributed by atoms with Crippen molar-refractivity contribution in [1.82, 2.24) is 19.8 Å². The summed E-state index contributed by atoms with van der Waals surface area (Å²) in [6.45, 7) is 4.23. The fourth-order valence-corrected chi connectivity index (χ4v) is 5.68. The predicted molar refractivity (Wildman–Crippen MR) is 166 cm³/mol. The number of nitrogens with zero attached hydrogens (tertiary/aromatic N) is 2. The fourth-order valence-electron chi connectivity index (χ4n) is 4.13. The molecule has 1 aromatic heterocycles. The summed E-state index contributed by atoms with van der Waals surface area (Å²) >= 11 is 3.61. The van der Waals surface area contributed by atoms with Gasteiger partial charge in [0.1, 0.15) is 0 Å². The van der Waals surface area contributed by atoms with Crippen molar-refractivity contribution in [2.75, 3.05) is 13.2 Å². The average molecular weight is 652 g/mol. The molecule has 0 saturated carbocycles. The van der Waals surface area contributed by atoms with E-state index in [1.165, 1.54) is 12.1 Å². The minimum atomic E-state index is -4.12. The van der Waals surface area contributed by atoms with Gasteiger partial charge in [0.15, 0.2) is 5.69 Å². The number of rotatable bonds is 11. The minimum absolute atomic E-state index is 0.0730. The SMILES string of the molecule is CCCCNC(=O)NS(=O)(=O)c1ccc(-n2nc(C(=O)OCC)c(Br)c2/C(=C/c2ccccc2)c2ccccc2)cc1. The number of esters is 1. The third kappa shape index (κ3) is 7.34. The van der Waals surface area contributed by atoms with Crippen molar-refractivity contribution >= 4 is 49.6 Å². The van der Waals surface area contributed by atoms with Gasteiger partial charge in [-0.3, -0.25) is 0 Å². The van der Waals surface area contributed by atoms with Gasteiger partial charge in [0.25, 0.3) is 10.0 Å². The van der Waals surface area contributed by atoms with Crippen LogP contribution >= 0.6 is 15.9 Å². The zero-order valence-electron chi connectivity index (χ0n) is 23.2. The number of amides is 2. The van der Waals surface area contributed by atoms with Crippen LogP contribution in [0.1, 0.15) is 54.0 Å². The van der Waals surface area contributed by atoms with Crippen molar-refractivity contribution < 1.29 is 22.7 Å². The van der Waals surface area contributed by atoms with Gasteiger partial charge < -0.3 is 10.1 Å². The van der Waals surface area contributed by atoms with Crippen molar-refractivity contribution in [2.45, 2.75) is 31.6 Å². The van der Waals surface area contributed by atoms with Gasteiger partial charge in [-0.15, -0.1) is 0 Å². The number of unbranched alkanes of at least 4 members (excludes halogenated alkanes) is 1. The highest BCUT2D eigenvalue weighted by atomic mass is 79.9. The highest BCUT2D eigenvalue weighted by Gasteiger charge is 2.27. The monoisotopic (exact) mass is 650 g/mol. The summed E-state index contributed by atoms with van der Waals surface area (Å²) in [7, 11) is -4.12. The summed E-state index contributed by atoms with van der Waals surface area (Å²) < 4.78 is 35.0. The van der Waals surface area contributed by atoms with Crippen LogP contribution in [0.15, 0.2) is 94.3 Å². The molecule has 0 radical (unpaired) electrons. The van der Waals surface area contributed by atoms with Crippen LogP contribution in [0.3, 0.4) is 0 Å². The lowest BCUT2D eigenvalue weighted by atomic mass is 9.99. The van der Waals surface area contributed by atoms with E-state index in [-0.39, 0.29) is 17.2 Å². The van der Waals surface area contributed by atoms with Crippen molar-refractivity contribution in [3.05, 3.63) is 112 Å². The van der Waals surface area contributed by atoms with Crippen molar-refractivity contribution in [3.8, 4) is 5.69 Å². The normalized spacial score (nSPS) is 11.6. The van der Waals surface area contributed by atoms with Crippen LogP contribution in [0.2, 0.25) is 0 Å². The first-order valence-corrected chi connectivity index (χ1v) is 15.7. The zero-order chi connectivity index (χ0) is 30.1. The van der Waals surface area contributed by atoms with E-state index in [0.717, 1.165) is 29.5 Å². The molecule has 0 aliphatic rings. The van der Waals surface area contributed by atoms with Crippen LogP contribution in [-0.4, -0.2) is 43.4 Å². The molecule has 11 heteroatoms. The lowest BCUT2D eigenvalue weighted by Crippen LogP contribution is -2.39. The van der Waals surface area contributed by atoms with Gasteiger partial charge in [-0.25, -0.2) is 27.4 Å². The van der Waals surface area contributed by atoms with Crippen molar-refractivity contribution in [2.24, 2.45) is 0 Å². The summed E-state index contributed by atoms with van der Waals surface area (Å²) in [5.41, 5.74) is 3.69. The molecule has 2 N–H and O–H groups in total. The average Bonchev–Trinajstić information content (AvgIpc) is 3.33.